The highest BCUT2D eigenvalue weighted by molar-refractivity contribution is 6.07. The number of aromatic amines is 1. The second-order valence-electron chi connectivity index (χ2n) is 5.08. The Bertz CT molecular complexity index is 900. The normalized spacial score (nSPS) is 10.4. The minimum Gasteiger partial charge on any atom is -0.508 e. The number of hydrogen-bond donors (Lipinski definition) is 4. The van der Waals surface area contributed by atoms with Crippen LogP contribution in [0.25, 0.3) is 10.9 Å². The van der Waals surface area contributed by atoms with E-state index in [0.717, 1.165) is 0 Å². The lowest BCUT2D eigenvalue weighted by Gasteiger charge is -2.10. The van der Waals surface area contributed by atoms with Gasteiger partial charge >= 0.3 is 12.0 Å². The van der Waals surface area contributed by atoms with Gasteiger partial charge in [0.1, 0.15) is 5.75 Å². The Morgan fingerprint density at radius 3 is 2.46 bits per heavy atom. The third kappa shape index (κ3) is 3.14. The molecule has 0 fully saturated rings. The predicted octanol–water partition coefficient (Wildman–Crippen LogP) is 3.30. The van der Waals surface area contributed by atoms with Crippen molar-refractivity contribution in [1.29, 1.82) is 0 Å². The molecule has 0 bridgehead atoms. The van der Waals surface area contributed by atoms with Crippen LogP contribution in [0.4, 0.5) is 16.2 Å². The Balaban J connectivity index is 1.82. The van der Waals surface area contributed by atoms with Gasteiger partial charge in [-0.15, -0.1) is 0 Å². The van der Waals surface area contributed by atoms with Gasteiger partial charge in [0.2, 0.25) is 0 Å². The number of anilines is 2. The number of ether oxygens (including phenoxy) is 1. The van der Waals surface area contributed by atoms with Gasteiger partial charge in [-0.05, 0) is 42.5 Å². The van der Waals surface area contributed by atoms with Crippen molar-refractivity contribution in [3.63, 3.8) is 0 Å². The van der Waals surface area contributed by atoms with Gasteiger partial charge < -0.3 is 25.5 Å². The van der Waals surface area contributed by atoms with Crippen molar-refractivity contribution in [2.45, 2.75) is 0 Å². The van der Waals surface area contributed by atoms with E-state index in [2.05, 4.69) is 15.6 Å². The summed E-state index contributed by atoms with van der Waals surface area (Å²) in [7, 11) is 1.30. The number of aromatic hydroxyl groups is 1. The average Bonchev–Trinajstić information content (AvgIpc) is 3.04. The SMILES string of the molecule is COC(=O)c1cc(NC(=O)Nc2ccc(O)cc2)cc2[nH]ccc12. The number of aromatic nitrogens is 1. The summed E-state index contributed by atoms with van der Waals surface area (Å²) >= 11 is 0. The van der Waals surface area contributed by atoms with Gasteiger partial charge in [-0.3, -0.25) is 0 Å². The quantitative estimate of drug-likeness (QED) is 0.438. The minimum absolute atomic E-state index is 0.112. The lowest BCUT2D eigenvalue weighted by molar-refractivity contribution is 0.0603. The molecule has 3 aromatic rings. The van der Waals surface area contributed by atoms with E-state index in [1.54, 1.807) is 36.5 Å². The summed E-state index contributed by atoms with van der Waals surface area (Å²) in [5.74, 6) is -0.372. The molecule has 0 radical (unpaired) electrons. The number of hydrogen-bond acceptors (Lipinski definition) is 4. The number of methoxy groups -OCH3 is 1. The van der Waals surface area contributed by atoms with Crippen LogP contribution in [0.2, 0.25) is 0 Å². The molecule has 0 aliphatic rings. The first kappa shape index (κ1) is 15.4. The van der Waals surface area contributed by atoms with Crippen molar-refractivity contribution in [2.24, 2.45) is 0 Å². The molecule has 122 valence electrons. The number of amides is 2. The molecule has 7 nitrogen and oxygen atoms in total. The van der Waals surface area contributed by atoms with Gasteiger partial charge in [0, 0.05) is 28.5 Å². The first-order valence-corrected chi connectivity index (χ1v) is 7.13. The van der Waals surface area contributed by atoms with Crippen LogP contribution in [-0.4, -0.2) is 29.2 Å². The van der Waals surface area contributed by atoms with Crippen molar-refractivity contribution >= 4 is 34.3 Å². The number of phenols is 1. The zero-order valence-electron chi connectivity index (χ0n) is 12.8. The number of carbonyl (C=O) groups excluding carboxylic acids is 2. The fourth-order valence-corrected chi connectivity index (χ4v) is 2.36. The highest BCUT2D eigenvalue weighted by atomic mass is 16.5. The molecule has 0 aliphatic carbocycles. The summed E-state index contributed by atoms with van der Waals surface area (Å²) in [6, 6.07) is 10.7. The van der Waals surface area contributed by atoms with Crippen LogP contribution in [0.15, 0.2) is 48.7 Å². The Kier molecular flexibility index (Phi) is 4.07. The Hall–Kier alpha value is -3.48. The molecule has 0 spiro atoms. The van der Waals surface area contributed by atoms with Crippen molar-refractivity contribution < 1.29 is 19.4 Å². The number of phenolic OH excluding ortho intramolecular Hbond substituents is 1. The van der Waals surface area contributed by atoms with Crippen LogP contribution in [0.3, 0.4) is 0 Å². The smallest absolute Gasteiger partial charge is 0.338 e. The number of urea groups is 1. The Morgan fingerprint density at radius 2 is 1.75 bits per heavy atom. The molecule has 3 rings (SSSR count). The molecule has 4 N–H and O–H groups in total. The van der Waals surface area contributed by atoms with Crippen molar-refractivity contribution in [3.8, 4) is 5.75 Å². The topological polar surface area (TPSA) is 103 Å². The number of benzene rings is 2. The summed E-state index contributed by atoms with van der Waals surface area (Å²) < 4.78 is 4.78. The van der Waals surface area contributed by atoms with Gasteiger partial charge in [-0.1, -0.05) is 0 Å². The molecule has 1 aromatic heterocycles. The van der Waals surface area contributed by atoms with Crippen LogP contribution >= 0.6 is 0 Å². The second kappa shape index (κ2) is 6.33. The van der Waals surface area contributed by atoms with Gasteiger partial charge in [-0.2, -0.15) is 0 Å². The number of esters is 1. The van der Waals surface area contributed by atoms with E-state index in [1.807, 2.05) is 0 Å². The fourth-order valence-electron chi connectivity index (χ4n) is 2.36. The number of nitrogens with one attached hydrogen (secondary N) is 3. The molecule has 0 saturated heterocycles. The molecule has 0 saturated carbocycles. The van der Waals surface area contributed by atoms with E-state index >= 15 is 0 Å². The van der Waals surface area contributed by atoms with Crippen LogP contribution < -0.4 is 10.6 Å². The number of H-pyrrole nitrogens is 1. The first-order chi connectivity index (χ1) is 11.6. The summed E-state index contributed by atoms with van der Waals surface area (Å²) in [4.78, 5) is 27.0. The highest BCUT2D eigenvalue weighted by Crippen LogP contribution is 2.24. The zero-order valence-corrected chi connectivity index (χ0v) is 12.8. The van der Waals surface area contributed by atoms with E-state index in [1.165, 1.54) is 19.2 Å². The maximum Gasteiger partial charge on any atom is 0.338 e. The molecular weight excluding hydrogens is 310 g/mol. The monoisotopic (exact) mass is 325 g/mol. The van der Waals surface area contributed by atoms with E-state index in [0.29, 0.717) is 27.8 Å². The fraction of sp³-hybridized carbons (Fsp3) is 0.0588. The summed E-state index contributed by atoms with van der Waals surface area (Å²) in [6.07, 6.45) is 1.71. The lowest BCUT2D eigenvalue weighted by Crippen LogP contribution is -2.19. The zero-order chi connectivity index (χ0) is 17.1. The second-order valence-corrected chi connectivity index (χ2v) is 5.08. The minimum atomic E-state index is -0.484. The molecular formula is C17H15N3O4. The molecule has 0 unspecified atom stereocenters. The number of carbonyl (C=O) groups is 2. The number of rotatable bonds is 3. The molecule has 0 aliphatic heterocycles. The summed E-state index contributed by atoms with van der Waals surface area (Å²) in [5.41, 5.74) is 2.04. The van der Waals surface area contributed by atoms with Crippen LogP contribution in [0, 0.1) is 0 Å². The van der Waals surface area contributed by atoms with Gasteiger partial charge in [0.15, 0.2) is 0 Å². The Morgan fingerprint density at radius 1 is 1.04 bits per heavy atom. The van der Waals surface area contributed by atoms with E-state index in [4.69, 9.17) is 4.74 Å². The van der Waals surface area contributed by atoms with Crippen molar-refractivity contribution in [2.75, 3.05) is 17.7 Å². The molecule has 2 aromatic carbocycles. The van der Waals surface area contributed by atoms with Gasteiger partial charge in [0.25, 0.3) is 0 Å². The Labute approximate surface area is 137 Å². The van der Waals surface area contributed by atoms with Gasteiger partial charge in [0.05, 0.1) is 12.7 Å². The summed E-state index contributed by atoms with van der Waals surface area (Å²) in [6.45, 7) is 0. The van der Waals surface area contributed by atoms with E-state index in [-0.39, 0.29) is 5.75 Å². The first-order valence-electron chi connectivity index (χ1n) is 7.13. The maximum absolute atomic E-state index is 12.1. The average molecular weight is 325 g/mol. The molecule has 2 amide bonds. The molecule has 0 atom stereocenters. The highest BCUT2D eigenvalue weighted by Gasteiger charge is 2.14. The van der Waals surface area contributed by atoms with E-state index in [9.17, 15) is 14.7 Å². The van der Waals surface area contributed by atoms with Gasteiger partial charge in [-0.25, -0.2) is 9.59 Å². The predicted molar refractivity (Wildman–Crippen MR) is 90.4 cm³/mol. The lowest BCUT2D eigenvalue weighted by atomic mass is 10.1. The molecule has 1 heterocycles. The largest absolute Gasteiger partial charge is 0.508 e. The standard InChI is InChI=1S/C17H15N3O4/c1-24-16(22)14-8-11(9-15-13(14)6-7-18-15)20-17(23)19-10-2-4-12(21)5-3-10/h2-9,18,21H,1H3,(H2,19,20,23). The van der Waals surface area contributed by atoms with Crippen LogP contribution in [0.1, 0.15) is 10.4 Å². The third-order valence-electron chi connectivity index (χ3n) is 3.46. The maximum atomic E-state index is 12.1. The van der Waals surface area contributed by atoms with Crippen LogP contribution in [0.5, 0.6) is 5.75 Å². The van der Waals surface area contributed by atoms with Crippen LogP contribution in [-0.2, 0) is 4.74 Å². The van der Waals surface area contributed by atoms with Crippen molar-refractivity contribution in [1.82, 2.24) is 4.98 Å². The van der Waals surface area contributed by atoms with E-state index < -0.39 is 12.0 Å². The number of fused-ring (bicyclic) bond motifs is 1. The molecule has 7 heteroatoms. The molecule has 24 heavy (non-hydrogen) atoms. The third-order valence-corrected chi connectivity index (χ3v) is 3.46. The van der Waals surface area contributed by atoms with Crippen molar-refractivity contribution in [3.05, 3.63) is 54.2 Å². The summed E-state index contributed by atoms with van der Waals surface area (Å²) in [5, 5.41) is 15.3.